The Hall–Kier alpha value is -2.68. The summed E-state index contributed by atoms with van der Waals surface area (Å²) in [6.07, 6.45) is 6.32. The monoisotopic (exact) mass is 399 g/mol. The van der Waals surface area contributed by atoms with Gasteiger partial charge in [-0.2, -0.15) is 5.10 Å². The molecule has 4 rings (SSSR count). The summed E-state index contributed by atoms with van der Waals surface area (Å²) in [5.41, 5.74) is 1.44. The van der Waals surface area contributed by atoms with Crippen molar-refractivity contribution in [3.8, 4) is 0 Å². The largest absolute Gasteiger partial charge is 0.346 e. The number of amides is 2. The number of aryl methyl sites for hydroxylation is 2. The van der Waals surface area contributed by atoms with Crippen LogP contribution in [-0.4, -0.2) is 79.6 Å². The van der Waals surface area contributed by atoms with E-state index in [1.165, 1.54) is 6.33 Å². The Bertz CT molecular complexity index is 871. The quantitative estimate of drug-likeness (QED) is 0.780. The molecule has 0 aliphatic carbocycles. The maximum atomic E-state index is 13.0. The van der Waals surface area contributed by atoms with E-state index < -0.39 is 0 Å². The van der Waals surface area contributed by atoms with E-state index in [4.69, 9.17) is 0 Å². The molecule has 2 amide bonds. The molecule has 2 saturated heterocycles. The van der Waals surface area contributed by atoms with E-state index in [1.807, 2.05) is 35.7 Å². The van der Waals surface area contributed by atoms with Crippen molar-refractivity contribution in [3.63, 3.8) is 0 Å². The number of nitrogens with one attached hydrogen (secondary N) is 2. The summed E-state index contributed by atoms with van der Waals surface area (Å²) in [5, 5.41) is 9.87. The van der Waals surface area contributed by atoms with Crippen molar-refractivity contribution < 1.29 is 9.59 Å². The molecule has 2 aliphatic heterocycles. The first-order valence-electron chi connectivity index (χ1n) is 10.2. The highest BCUT2D eigenvalue weighted by molar-refractivity contribution is 5.94. The van der Waals surface area contributed by atoms with Crippen LogP contribution >= 0.6 is 0 Å². The van der Waals surface area contributed by atoms with Gasteiger partial charge in [0.1, 0.15) is 17.8 Å². The normalized spacial score (nSPS) is 24.9. The summed E-state index contributed by atoms with van der Waals surface area (Å²) in [4.78, 5) is 34.2. The third-order valence-corrected chi connectivity index (χ3v) is 6.60. The van der Waals surface area contributed by atoms with Gasteiger partial charge >= 0.3 is 0 Å². The number of hydrogen-bond donors (Lipinski definition) is 2. The Morgan fingerprint density at radius 2 is 2.17 bits per heavy atom. The number of carbonyl (C=O) groups excluding carboxylic acids is 2. The summed E-state index contributed by atoms with van der Waals surface area (Å²) in [6.45, 7) is 4.21. The second kappa shape index (κ2) is 7.62. The van der Waals surface area contributed by atoms with Crippen LogP contribution in [0.25, 0.3) is 0 Å². The number of likely N-dealkylation sites (tertiary alicyclic amines) is 2. The standard InChI is InChI=1S/C20H29N7O2/c1-14-5-9-25(2)18(14)19(29)23-15-6-10-26(3)20(15)7-4-8-27(12-20)17(28)11-16-21-13-22-24-16/h5,9,13,15H,4,6-8,10-12H2,1-3H3,(H,23,29)(H,21,22,24). The van der Waals surface area contributed by atoms with Gasteiger partial charge in [0.15, 0.2) is 0 Å². The Balaban J connectivity index is 1.50. The van der Waals surface area contributed by atoms with Crippen LogP contribution < -0.4 is 5.32 Å². The highest BCUT2D eigenvalue weighted by atomic mass is 16.2. The molecule has 2 atom stereocenters. The number of carbonyl (C=O) groups is 2. The number of likely N-dealkylation sites (N-methyl/N-ethyl adjacent to an activating group) is 1. The second-order valence-electron chi connectivity index (χ2n) is 8.33. The minimum absolute atomic E-state index is 0.00943. The smallest absolute Gasteiger partial charge is 0.268 e. The van der Waals surface area contributed by atoms with E-state index in [1.54, 1.807) is 0 Å². The van der Waals surface area contributed by atoms with Crippen LogP contribution in [0.2, 0.25) is 0 Å². The molecule has 0 radical (unpaired) electrons. The van der Waals surface area contributed by atoms with Gasteiger partial charge < -0.3 is 14.8 Å². The minimum Gasteiger partial charge on any atom is -0.346 e. The molecule has 156 valence electrons. The molecule has 2 fully saturated rings. The van der Waals surface area contributed by atoms with Gasteiger partial charge in [-0.25, -0.2) is 4.98 Å². The first-order valence-corrected chi connectivity index (χ1v) is 10.2. The number of H-pyrrole nitrogens is 1. The SMILES string of the molecule is Cc1ccn(C)c1C(=O)NC1CCN(C)C12CCCN(C(=O)Cc1ncn[nH]1)C2. The van der Waals surface area contributed by atoms with E-state index in [0.717, 1.165) is 37.9 Å². The molecular formula is C20H29N7O2. The summed E-state index contributed by atoms with van der Waals surface area (Å²) in [6, 6.07) is 1.96. The van der Waals surface area contributed by atoms with Crippen LogP contribution in [0.1, 0.15) is 41.1 Å². The zero-order chi connectivity index (χ0) is 20.6. The zero-order valence-corrected chi connectivity index (χ0v) is 17.3. The van der Waals surface area contributed by atoms with Crippen LogP contribution in [-0.2, 0) is 18.3 Å². The van der Waals surface area contributed by atoms with Gasteiger partial charge in [0.25, 0.3) is 5.91 Å². The topological polar surface area (TPSA) is 99.2 Å². The zero-order valence-electron chi connectivity index (χ0n) is 17.3. The lowest BCUT2D eigenvalue weighted by Gasteiger charge is -2.47. The molecule has 9 nitrogen and oxygen atoms in total. The van der Waals surface area contributed by atoms with E-state index in [0.29, 0.717) is 18.1 Å². The summed E-state index contributed by atoms with van der Waals surface area (Å²) < 4.78 is 1.87. The molecular weight excluding hydrogens is 370 g/mol. The van der Waals surface area contributed by atoms with Crippen molar-refractivity contribution in [1.82, 2.24) is 34.9 Å². The number of rotatable bonds is 4. The van der Waals surface area contributed by atoms with Crippen LogP contribution in [0, 0.1) is 6.92 Å². The van der Waals surface area contributed by atoms with Crippen LogP contribution in [0.4, 0.5) is 0 Å². The van der Waals surface area contributed by atoms with Crippen LogP contribution in [0.15, 0.2) is 18.6 Å². The lowest BCUT2D eigenvalue weighted by molar-refractivity contribution is -0.134. The number of nitrogens with zero attached hydrogens (tertiary/aromatic N) is 5. The van der Waals surface area contributed by atoms with E-state index in [-0.39, 0.29) is 29.8 Å². The second-order valence-corrected chi connectivity index (χ2v) is 8.33. The molecule has 1 spiro atoms. The highest BCUT2D eigenvalue weighted by Crippen LogP contribution is 2.37. The van der Waals surface area contributed by atoms with Crippen molar-refractivity contribution in [3.05, 3.63) is 35.7 Å². The molecule has 2 N–H and O–H groups in total. The highest BCUT2D eigenvalue weighted by Gasteiger charge is 2.50. The molecule has 0 bridgehead atoms. The average molecular weight is 399 g/mol. The number of piperidine rings is 1. The first kappa shape index (κ1) is 19.6. The van der Waals surface area contributed by atoms with Gasteiger partial charge in [0.05, 0.1) is 18.0 Å². The lowest BCUT2D eigenvalue weighted by Crippen LogP contribution is -2.64. The molecule has 0 aromatic carbocycles. The Kier molecular flexibility index (Phi) is 5.16. The fraction of sp³-hybridized carbons (Fsp3) is 0.600. The Morgan fingerprint density at radius 1 is 1.34 bits per heavy atom. The molecule has 0 saturated carbocycles. The van der Waals surface area contributed by atoms with Crippen molar-refractivity contribution in [2.45, 2.75) is 44.2 Å². The van der Waals surface area contributed by atoms with Crippen molar-refractivity contribution in [2.75, 3.05) is 26.7 Å². The summed E-state index contributed by atoms with van der Waals surface area (Å²) in [5.74, 6) is 0.586. The Morgan fingerprint density at radius 3 is 2.86 bits per heavy atom. The first-order chi connectivity index (χ1) is 13.9. The molecule has 2 aromatic heterocycles. The Labute approximate surface area is 170 Å². The maximum absolute atomic E-state index is 13.0. The van der Waals surface area contributed by atoms with Crippen molar-refractivity contribution in [2.24, 2.45) is 7.05 Å². The summed E-state index contributed by atoms with van der Waals surface area (Å²) >= 11 is 0. The lowest BCUT2D eigenvalue weighted by atomic mass is 9.82. The maximum Gasteiger partial charge on any atom is 0.268 e. The van der Waals surface area contributed by atoms with Gasteiger partial charge in [-0.3, -0.25) is 19.6 Å². The van der Waals surface area contributed by atoms with Crippen molar-refractivity contribution in [1.29, 1.82) is 0 Å². The average Bonchev–Trinajstić information content (AvgIpc) is 3.39. The molecule has 2 unspecified atom stereocenters. The van der Waals surface area contributed by atoms with Crippen LogP contribution in [0.5, 0.6) is 0 Å². The third-order valence-electron chi connectivity index (χ3n) is 6.60. The van der Waals surface area contributed by atoms with Gasteiger partial charge in [0.2, 0.25) is 5.91 Å². The van der Waals surface area contributed by atoms with Crippen molar-refractivity contribution >= 4 is 11.8 Å². The molecule has 29 heavy (non-hydrogen) atoms. The molecule has 4 heterocycles. The van der Waals surface area contributed by atoms with Crippen LogP contribution in [0.3, 0.4) is 0 Å². The van der Waals surface area contributed by atoms with Gasteiger partial charge in [-0.1, -0.05) is 0 Å². The predicted octanol–water partition coefficient (Wildman–Crippen LogP) is 0.489. The fourth-order valence-corrected chi connectivity index (χ4v) is 4.95. The van der Waals surface area contributed by atoms with Gasteiger partial charge in [0, 0.05) is 32.9 Å². The van der Waals surface area contributed by atoms with Gasteiger partial charge in [-0.15, -0.1) is 0 Å². The summed E-state index contributed by atoms with van der Waals surface area (Å²) in [7, 11) is 3.99. The minimum atomic E-state index is -0.232. The van der Waals surface area contributed by atoms with E-state index >= 15 is 0 Å². The predicted molar refractivity (Wildman–Crippen MR) is 107 cm³/mol. The number of aromatic nitrogens is 4. The molecule has 2 aliphatic rings. The van der Waals surface area contributed by atoms with E-state index in [2.05, 4.69) is 32.4 Å². The molecule has 9 heteroatoms. The molecule has 2 aromatic rings. The third kappa shape index (κ3) is 3.55. The number of hydrogen-bond acceptors (Lipinski definition) is 5. The number of aromatic amines is 1. The van der Waals surface area contributed by atoms with Gasteiger partial charge in [-0.05, 0) is 44.9 Å². The fourth-order valence-electron chi connectivity index (χ4n) is 4.95. The van der Waals surface area contributed by atoms with E-state index in [9.17, 15) is 9.59 Å².